The highest BCUT2D eigenvalue weighted by atomic mass is 32.2. The van der Waals surface area contributed by atoms with Gasteiger partial charge in [-0.3, -0.25) is 4.21 Å². The van der Waals surface area contributed by atoms with Gasteiger partial charge in [-0.05, 0) is 77.1 Å². The van der Waals surface area contributed by atoms with Crippen molar-refractivity contribution in [1.29, 1.82) is 0 Å². The molecule has 0 saturated carbocycles. The van der Waals surface area contributed by atoms with E-state index in [1.54, 1.807) is 12.3 Å². The molecule has 0 amide bonds. The molecule has 1 aliphatic rings. The maximum Gasteiger partial charge on any atom is 0.123 e. The largest absolute Gasteiger partial charge is 0.255 e. The predicted octanol–water partition coefficient (Wildman–Crippen LogP) is 6.72. The normalized spacial score (nSPS) is 15.5. The van der Waals surface area contributed by atoms with Crippen molar-refractivity contribution < 1.29 is 8.60 Å². The molecular weight excluding hydrogens is 343 g/mol. The zero-order valence-corrected chi connectivity index (χ0v) is 17.0. The third-order valence-corrected chi connectivity index (χ3v) is 5.27. The van der Waals surface area contributed by atoms with Gasteiger partial charge in [0.15, 0.2) is 0 Å². The summed E-state index contributed by atoms with van der Waals surface area (Å²) in [7, 11) is -0.966. The number of fused-ring (bicyclic) bond motifs is 1. The van der Waals surface area contributed by atoms with Crippen LogP contribution in [0.15, 0.2) is 52.9 Å². The SMILES string of the molecule is CCC.CCC1=C(C)/C(=C\c2ccc(S(C)=O)cc2)c2ccc(F)cc21. The van der Waals surface area contributed by atoms with Gasteiger partial charge < -0.3 is 0 Å². The standard InChI is InChI=1S/C20H19FOS.C3H8/c1-4-17-13(2)19(18-10-7-15(21)12-20(17)18)11-14-5-8-16(9-6-14)23(3)22;1-3-2/h5-12H,4H2,1-3H3;3H2,1-2H3/b19-11+;. The van der Waals surface area contributed by atoms with Gasteiger partial charge in [0.2, 0.25) is 0 Å². The Kier molecular flexibility index (Phi) is 7.10. The summed E-state index contributed by atoms with van der Waals surface area (Å²) in [6, 6.07) is 12.7. The Morgan fingerprint density at radius 1 is 1.00 bits per heavy atom. The number of benzene rings is 2. The van der Waals surface area contributed by atoms with Gasteiger partial charge in [-0.25, -0.2) is 4.39 Å². The minimum Gasteiger partial charge on any atom is -0.255 e. The second-order valence-corrected chi connectivity index (χ2v) is 7.81. The summed E-state index contributed by atoms with van der Waals surface area (Å²) in [6.07, 6.45) is 5.93. The lowest BCUT2D eigenvalue weighted by molar-refractivity contribution is 0.627. The van der Waals surface area contributed by atoms with E-state index in [4.69, 9.17) is 0 Å². The second kappa shape index (κ2) is 9.09. The summed E-state index contributed by atoms with van der Waals surface area (Å²) in [4.78, 5) is 0.822. The van der Waals surface area contributed by atoms with E-state index in [9.17, 15) is 8.60 Å². The van der Waals surface area contributed by atoms with E-state index in [0.29, 0.717) is 0 Å². The summed E-state index contributed by atoms with van der Waals surface area (Å²) >= 11 is 0. The van der Waals surface area contributed by atoms with Crippen molar-refractivity contribution in [3.05, 3.63) is 70.5 Å². The van der Waals surface area contributed by atoms with Crippen LogP contribution in [0.4, 0.5) is 4.39 Å². The number of rotatable bonds is 3. The van der Waals surface area contributed by atoms with Gasteiger partial charge in [-0.1, -0.05) is 45.4 Å². The zero-order valence-electron chi connectivity index (χ0n) is 16.2. The Hall–Kier alpha value is -2.00. The lowest BCUT2D eigenvalue weighted by Crippen LogP contribution is -1.88. The van der Waals surface area contributed by atoms with Crippen LogP contribution >= 0.6 is 0 Å². The van der Waals surface area contributed by atoms with Crippen LogP contribution in [0.3, 0.4) is 0 Å². The second-order valence-electron chi connectivity index (χ2n) is 6.44. The molecule has 2 aromatic rings. The molecule has 0 aliphatic heterocycles. The van der Waals surface area contributed by atoms with E-state index in [2.05, 4.69) is 33.8 Å². The molecule has 1 aliphatic carbocycles. The lowest BCUT2D eigenvalue weighted by atomic mass is 10.0. The number of hydrogen-bond acceptors (Lipinski definition) is 1. The minimum absolute atomic E-state index is 0.196. The van der Waals surface area contributed by atoms with Crippen LogP contribution in [0.5, 0.6) is 0 Å². The number of allylic oxidation sites excluding steroid dienone is 3. The van der Waals surface area contributed by atoms with Crippen molar-refractivity contribution in [3.63, 3.8) is 0 Å². The lowest BCUT2D eigenvalue weighted by Gasteiger charge is -2.05. The summed E-state index contributed by atoms with van der Waals surface area (Å²) in [5, 5.41) is 0. The fourth-order valence-electron chi connectivity index (χ4n) is 3.13. The van der Waals surface area contributed by atoms with Crippen LogP contribution in [0.25, 0.3) is 17.2 Å². The molecule has 0 radical (unpaired) electrons. The molecule has 26 heavy (non-hydrogen) atoms. The third kappa shape index (κ3) is 4.39. The first-order valence-corrected chi connectivity index (χ1v) is 10.6. The van der Waals surface area contributed by atoms with Crippen LogP contribution in [0, 0.1) is 5.82 Å². The minimum atomic E-state index is -0.966. The number of hydrogen-bond donors (Lipinski definition) is 0. The van der Waals surface area contributed by atoms with E-state index in [0.717, 1.165) is 33.6 Å². The van der Waals surface area contributed by atoms with Crippen molar-refractivity contribution in [2.75, 3.05) is 6.26 Å². The Morgan fingerprint density at radius 2 is 1.62 bits per heavy atom. The molecule has 1 nitrogen and oxygen atoms in total. The van der Waals surface area contributed by atoms with E-state index in [-0.39, 0.29) is 5.82 Å². The van der Waals surface area contributed by atoms with Crippen LogP contribution in [0.2, 0.25) is 0 Å². The maximum absolute atomic E-state index is 13.6. The molecule has 3 rings (SSSR count). The Morgan fingerprint density at radius 3 is 2.15 bits per heavy atom. The van der Waals surface area contributed by atoms with Gasteiger partial charge in [0.1, 0.15) is 5.82 Å². The molecule has 138 valence electrons. The van der Waals surface area contributed by atoms with E-state index >= 15 is 0 Å². The zero-order chi connectivity index (χ0) is 19.3. The Labute approximate surface area is 159 Å². The highest BCUT2D eigenvalue weighted by molar-refractivity contribution is 7.84. The smallest absolute Gasteiger partial charge is 0.123 e. The molecular formula is C23H27FOS. The summed E-state index contributed by atoms with van der Waals surface area (Å²) in [5.41, 5.74) is 6.70. The highest BCUT2D eigenvalue weighted by Crippen LogP contribution is 2.43. The van der Waals surface area contributed by atoms with Crippen LogP contribution < -0.4 is 0 Å². The maximum atomic E-state index is 13.6. The summed E-state index contributed by atoms with van der Waals surface area (Å²) in [5.74, 6) is -0.196. The topological polar surface area (TPSA) is 17.1 Å². The van der Waals surface area contributed by atoms with E-state index in [1.165, 1.54) is 23.6 Å². The average Bonchev–Trinajstić information content (AvgIpc) is 2.86. The van der Waals surface area contributed by atoms with Crippen LogP contribution in [-0.2, 0) is 10.8 Å². The number of halogens is 1. The molecule has 1 atom stereocenters. The first-order chi connectivity index (χ1) is 12.4. The summed E-state index contributed by atoms with van der Waals surface area (Å²) in [6.45, 7) is 8.44. The molecule has 0 heterocycles. The van der Waals surface area contributed by atoms with Crippen molar-refractivity contribution >= 4 is 28.0 Å². The van der Waals surface area contributed by atoms with Gasteiger partial charge in [0.25, 0.3) is 0 Å². The molecule has 2 aromatic carbocycles. The highest BCUT2D eigenvalue weighted by Gasteiger charge is 2.22. The van der Waals surface area contributed by atoms with Crippen molar-refractivity contribution in [2.24, 2.45) is 0 Å². The van der Waals surface area contributed by atoms with Gasteiger partial charge in [0.05, 0.1) is 0 Å². The van der Waals surface area contributed by atoms with Gasteiger partial charge in [0, 0.05) is 22.0 Å². The predicted molar refractivity (Wildman–Crippen MR) is 112 cm³/mol. The van der Waals surface area contributed by atoms with Crippen molar-refractivity contribution in [1.82, 2.24) is 0 Å². The Bertz CT molecular complexity index is 860. The summed E-state index contributed by atoms with van der Waals surface area (Å²) < 4.78 is 25.1. The Balaban J connectivity index is 0.000000758. The molecule has 0 spiro atoms. The third-order valence-electron chi connectivity index (χ3n) is 4.33. The fraction of sp³-hybridized carbons (Fsp3) is 0.304. The molecule has 0 saturated heterocycles. The van der Waals surface area contributed by atoms with Gasteiger partial charge >= 0.3 is 0 Å². The average molecular weight is 371 g/mol. The van der Waals surface area contributed by atoms with Crippen LogP contribution in [-0.4, -0.2) is 10.5 Å². The van der Waals surface area contributed by atoms with E-state index in [1.807, 2.05) is 30.3 Å². The van der Waals surface area contributed by atoms with Crippen molar-refractivity contribution in [2.45, 2.75) is 45.4 Å². The quantitative estimate of drug-likeness (QED) is 0.586. The monoisotopic (exact) mass is 370 g/mol. The van der Waals surface area contributed by atoms with Crippen molar-refractivity contribution in [3.8, 4) is 0 Å². The molecule has 3 heteroatoms. The van der Waals surface area contributed by atoms with Gasteiger partial charge in [-0.2, -0.15) is 0 Å². The molecule has 1 unspecified atom stereocenters. The fourth-order valence-corrected chi connectivity index (χ4v) is 3.65. The molecule has 0 aromatic heterocycles. The van der Waals surface area contributed by atoms with Gasteiger partial charge in [-0.15, -0.1) is 0 Å². The molecule has 0 N–H and O–H groups in total. The first-order valence-electron chi connectivity index (χ1n) is 9.08. The van der Waals surface area contributed by atoms with E-state index < -0.39 is 10.8 Å². The first kappa shape index (κ1) is 20.3. The molecule has 0 fully saturated rings. The molecule has 0 bridgehead atoms. The van der Waals surface area contributed by atoms with Crippen LogP contribution in [0.1, 0.15) is 57.2 Å².